The van der Waals surface area contributed by atoms with Crippen LogP contribution >= 0.6 is 0 Å². The number of H-pyrrole nitrogens is 1. The van der Waals surface area contributed by atoms with Crippen molar-refractivity contribution in [3.05, 3.63) is 66.4 Å². The van der Waals surface area contributed by atoms with Crippen LogP contribution in [-0.4, -0.2) is 29.7 Å². The second-order valence-electron chi connectivity index (χ2n) is 4.99. The molecule has 2 aromatic carbocycles. The average molecular weight is 343 g/mol. The van der Waals surface area contributed by atoms with Crippen LogP contribution in [0.2, 0.25) is 0 Å². The van der Waals surface area contributed by atoms with Gasteiger partial charge in [0.15, 0.2) is 0 Å². The summed E-state index contributed by atoms with van der Waals surface area (Å²) in [5, 5.41) is 15.5. The third-order valence-electron chi connectivity index (χ3n) is 3.34. The highest BCUT2D eigenvalue weighted by atomic mass is 32.2. The van der Waals surface area contributed by atoms with Crippen LogP contribution < -0.4 is 4.72 Å². The minimum Gasteiger partial charge on any atom is -0.478 e. The molecular weight excluding hydrogens is 330 g/mol. The van der Waals surface area contributed by atoms with Gasteiger partial charge in [-0.3, -0.25) is 9.82 Å². The van der Waals surface area contributed by atoms with Crippen LogP contribution in [0.15, 0.2) is 65.7 Å². The number of aromatic nitrogens is 2. The van der Waals surface area contributed by atoms with Crippen molar-refractivity contribution < 1.29 is 18.3 Å². The Morgan fingerprint density at radius 3 is 2.46 bits per heavy atom. The number of aromatic carboxylic acids is 1. The summed E-state index contributed by atoms with van der Waals surface area (Å²) < 4.78 is 27.3. The fourth-order valence-electron chi connectivity index (χ4n) is 2.16. The molecule has 0 saturated carbocycles. The number of hydrogen-bond donors (Lipinski definition) is 3. The van der Waals surface area contributed by atoms with Crippen LogP contribution in [0.25, 0.3) is 11.3 Å². The molecule has 0 bridgehead atoms. The van der Waals surface area contributed by atoms with E-state index < -0.39 is 16.0 Å². The molecule has 122 valence electrons. The molecule has 0 amide bonds. The Kier molecular flexibility index (Phi) is 4.05. The van der Waals surface area contributed by atoms with E-state index in [1.54, 1.807) is 30.5 Å². The van der Waals surface area contributed by atoms with Gasteiger partial charge in [-0.1, -0.05) is 12.1 Å². The Labute approximate surface area is 138 Å². The first-order valence-electron chi connectivity index (χ1n) is 6.92. The fraction of sp³-hybridized carbons (Fsp3) is 0. The first-order valence-corrected chi connectivity index (χ1v) is 8.40. The largest absolute Gasteiger partial charge is 0.478 e. The molecule has 1 aromatic heterocycles. The summed E-state index contributed by atoms with van der Waals surface area (Å²) in [6.07, 6.45) is 1.61. The summed E-state index contributed by atoms with van der Waals surface area (Å²) >= 11 is 0. The number of carbonyl (C=O) groups is 1. The number of carboxylic acids is 1. The summed E-state index contributed by atoms with van der Waals surface area (Å²) in [4.78, 5) is 10.8. The standard InChI is InChI=1S/C16H13N3O4S/c20-16(21)11-4-6-14(7-5-11)24(22,23)19-13-3-1-2-12(10-13)15-8-9-17-18-15/h1-10,19H,(H,17,18)(H,20,21). The van der Waals surface area contributed by atoms with Crippen LogP contribution in [0.3, 0.4) is 0 Å². The Morgan fingerprint density at radius 1 is 1.08 bits per heavy atom. The topological polar surface area (TPSA) is 112 Å². The third kappa shape index (κ3) is 3.28. The number of carboxylic acid groups (broad SMARTS) is 1. The van der Waals surface area contributed by atoms with E-state index in [0.717, 1.165) is 11.3 Å². The second kappa shape index (κ2) is 6.17. The van der Waals surface area contributed by atoms with Crippen molar-refractivity contribution in [3.8, 4) is 11.3 Å². The molecular formula is C16H13N3O4S. The van der Waals surface area contributed by atoms with Crippen LogP contribution in [0, 0.1) is 0 Å². The Morgan fingerprint density at radius 2 is 1.83 bits per heavy atom. The molecule has 0 aliphatic heterocycles. The SMILES string of the molecule is O=C(O)c1ccc(S(=O)(=O)Nc2cccc(-c3ccn[nH]3)c2)cc1. The normalized spacial score (nSPS) is 11.2. The van der Waals surface area contributed by atoms with Gasteiger partial charge >= 0.3 is 5.97 Å². The van der Waals surface area contributed by atoms with Crippen LogP contribution in [0.1, 0.15) is 10.4 Å². The van der Waals surface area contributed by atoms with Gasteiger partial charge in [-0.25, -0.2) is 13.2 Å². The first kappa shape index (κ1) is 15.8. The average Bonchev–Trinajstić information content (AvgIpc) is 3.09. The van der Waals surface area contributed by atoms with E-state index >= 15 is 0 Å². The maximum absolute atomic E-state index is 12.4. The van der Waals surface area contributed by atoms with Crippen molar-refractivity contribution in [2.24, 2.45) is 0 Å². The zero-order valence-corrected chi connectivity index (χ0v) is 13.1. The predicted octanol–water partition coefficient (Wildman–Crippen LogP) is 2.58. The molecule has 24 heavy (non-hydrogen) atoms. The minimum absolute atomic E-state index is 0.0144. The Hall–Kier alpha value is -3.13. The Balaban J connectivity index is 1.87. The molecule has 0 aliphatic carbocycles. The van der Waals surface area contributed by atoms with Crippen molar-refractivity contribution in [3.63, 3.8) is 0 Å². The zero-order valence-electron chi connectivity index (χ0n) is 12.3. The van der Waals surface area contributed by atoms with Gasteiger partial charge in [0.2, 0.25) is 0 Å². The summed E-state index contributed by atoms with van der Waals surface area (Å²) in [7, 11) is -3.81. The lowest BCUT2D eigenvalue weighted by Crippen LogP contribution is -2.13. The molecule has 3 rings (SSSR count). The van der Waals surface area contributed by atoms with Gasteiger partial charge in [-0.15, -0.1) is 0 Å². The number of anilines is 1. The lowest BCUT2D eigenvalue weighted by Gasteiger charge is -2.09. The molecule has 0 aliphatic rings. The van der Waals surface area contributed by atoms with E-state index in [9.17, 15) is 13.2 Å². The van der Waals surface area contributed by atoms with Crippen LogP contribution in [-0.2, 0) is 10.0 Å². The lowest BCUT2D eigenvalue weighted by atomic mass is 10.1. The highest BCUT2D eigenvalue weighted by Crippen LogP contribution is 2.22. The molecule has 0 atom stereocenters. The van der Waals surface area contributed by atoms with Crippen molar-refractivity contribution in [1.82, 2.24) is 10.2 Å². The number of nitrogens with one attached hydrogen (secondary N) is 2. The molecule has 0 unspecified atom stereocenters. The molecule has 0 saturated heterocycles. The smallest absolute Gasteiger partial charge is 0.335 e. The second-order valence-corrected chi connectivity index (χ2v) is 6.67. The minimum atomic E-state index is -3.81. The number of hydrogen-bond acceptors (Lipinski definition) is 4. The van der Waals surface area contributed by atoms with E-state index in [2.05, 4.69) is 14.9 Å². The summed E-state index contributed by atoms with van der Waals surface area (Å²) in [5.74, 6) is -1.11. The van der Waals surface area contributed by atoms with E-state index in [1.807, 2.05) is 6.07 Å². The number of aromatic amines is 1. The van der Waals surface area contributed by atoms with Crippen molar-refractivity contribution in [2.45, 2.75) is 4.90 Å². The summed E-state index contributed by atoms with van der Waals surface area (Å²) in [6.45, 7) is 0. The van der Waals surface area contributed by atoms with Gasteiger partial charge in [0.1, 0.15) is 0 Å². The number of rotatable bonds is 5. The molecule has 8 heteroatoms. The number of benzene rings is 2. The lowest BCUT2D eigenvalue weighted by molar-refractivity contribution is 0.0696. The van der Waals surface area contributed by atoms with E-state index in [4.69, 9.17) is 5.11 Å². The van der Waals surface area contributed by atoms with Gasteiger partial charge in [-0.2, -0.15) is 5.10 Å². The molecule has 3 N–H and O–H groups in total. The molecule has 7 nitrogen and oxygen atoms in total. The maximum Gasteiger partial charge on any atom is 0.335 e. The van der Waals surface area contributed by atoms with Gasteiger partial charge in [-0.05, 0) is 42.5 Å². The quantitative estimate of drug-likeness (QED) is 0.659. The summed E-state index contributed by atoms with van der Waals surface area (Å²) in [6, 6.07) is 13.6. The molecule has 3 aromatic rings. The highest BCUT2D eigenvalue weighted by molar-refractivity contribution is 7.92. The van der Waals surface area contributed by atoms with Crippen LogP contribution in [0.4, 0.5) is 5.69 Å². The van der Waals surface area contributed by atoms with E-state index in [0.29, 0.717) is 5.69 Å². The number of nitrogens with zero attached hydrogens (tertiary/aromatic N) is 1. The fourth-order valence-corrected chi connectivity index (χ4v) is 3.21. The van der Waals surface area contributed by atoms with E-state index in [-0.39, 0.29) is 10.5 Å². The molecule has 1 heterocycles. The molecule has 0 fully saturated rings. The van der Waals surface area contributed by atoms with E-state index in [1.165, 1.54) is 24.3 Å². The zero-order chi connectivity index (χ0) is 17.2. The third-order valence-corrected chi connectivity index (χ3v) is 4.74. The van der Waals surface area contributed by atoms with Gasteiger partial charge < -0.3 is 5.11 Å². The molecule has 0 spiro atoms. The van der Waals surface area contributed by atoms with Crippen molar-refractivity contribution >= 4 is 21.7 Å². The van der Waals surface area contributed by atoms with Crippen molar-refractivity contribution in [2.75, 3.05) is 4.72 Å². The Bertz CT molecular complexity index is 965. The van der Waals surface area contributed by atoms with Gasteiger partial charge in [0.25, 0.3) is 10.0 Å². The highest BCUT2D eigenvalue weighted by Gasteiger charge is 2.15. The van der Waals surface area contributed by atoms with Crippen molar-refractivity contribution in [1.29, 1.82) is 0 Å². The first-order chi connectivity index (χ1) is 11.5. The maximum atomic E-state index is 12.4. The van der Waals surface area contributed by atoms with Gasteiger partial charge in [0.05, 0.1) is 16.2 Å². The monoisotopic (exact) mass is 343 g/mol. The van der Waals surface area contributed by atoms with Crippen LogP contribution in [0.5, 0.6) is 0 Å². The predicted molar refractivity (Wildman–Crippen MR) is 88.2 cm³/mol. The summed E-state index contributed by atoms with van der Waals surface area (Å²) in [5.41, 5.74) is 1.97. The van der Waals surface area contributed by atoms with Gasteiger partial charge in [0, 0.05) is 17.4 Å². The number of sulfonamides is 1. The molecule has 0 radical (unpaired) electrons.